The predicted octanol–water partition coefficient (Wildman–Crippen LogP) is 4.16. The average molecular weight is 350 g/mol. The van der Waals surface area contributed by atoms with Crippen molar-refractivity contribution in [3.63, 3.8) is 0 Å². The number of rotatable bonds is 7. The monoisotopic (exact) mass is 350 g/mol. The highest BCUT2D eigenvalue weighted by molar-refractivity contribution is 5.57. The van der Waals surface area contributed by atoms with Crippen molar-refractivity contribution in [2.75, 3.05) is 24.9 Å². The summed E-state index contributed by atoms with van der Waals surface area (Å²) in [6, 6.07) is 17.6. The van der Waals surface area contributed by atoms with Gasteiger partial charge in [-0.2, -0.15) is 4.98 Å². The van der Waals surface area contributed by atoms with Crippen LogP contribution in [0.3, 0.4) is 0 Å². The molecule has 0 radical (unpaired) electrons. The number of para-hydroxylation sites is 1. The highest BCUT2D eigenvalue weighted by Gasteiger charge is 2.06. The first kappa shape index (κ1) is 17.5. The summed E-state index contributed by atoms with van der Waals surface area (Å²) in [5.41, 5.74) is 2.91. The molecule has 0 saturated carbocycles. The second-order valence-electron chi connectivity index (χ2n) is 5.75. The zero-order valence-corrected chi connectivity index (χ0v) is 15.1. The Labute approximate surface area is 153 Å². The lowest BCUT2D eigenvalue weighted by atomic mass is 10.2. The minimum absolute atomic E-state index is 0.568. The summed E-state index contributed by atoms with van der Waals surface area (Å²) >= 11 is 0. The molecule has 134 valence electrons. The van der Waals surface area contributed by atoms with Crippen LogP contribution in [0.1, 0.15) is 11.3 Å². The van der Waals surface area contributed by atoms with Gasteiger partial charge in [0.2, 0.25) is 5.95 Å². The molecule has 0 aliphatic carbocycles. The van der Waals surface area contributed by atoms with E-state index in [4.69, 9.17) is 9.47 Å². The molecule has 1 aromatic heterocycles. The Hall–Kier alpha value is -3.28. The number of aromatic nitrogens is 2. The summed E-state index contributed by atoms with van der Waals surface area (Å²) in [4.78, 5) is 8.98. The molecule has 0 amide bonds. The van der Waals surface area contributed by atoms with Gasteiger partial charge in [-0.1, -0.05) is 24.3 Å². The van der Waals surface area contributed by atoms with Gasteiger partial charge in [-0.3, -0.25) is 0 Å². The lowest BCUT2D eigenvalue weighted by Gasteiger charge is -2.12. The van der Waals surface area contributed by atoms with E-state index in [0.29, 0.717) is 24.0 Å². The molecule has 0 bridgehead atoms. The molecule has 0 unspecified atom stereocenters. The molecule has 0 aliphatic heterocycles. The lowest BCUT2D eigenvalue weighted by molar-refractivity contribution is 0.354. The van der Waals surface area contributed by atoms with E-state index in [1.165, 1.54) is 0 Å². The topological polar surface area (TPSA) is 68.3 Å². The molecule has 3 aromatic rings. The Morgan fingerprint density at radius 2 is 1.65 bits per heavy atom. The molecular formula is C20H22N4O2. The van der Waals surface area contributed by atoms with E-state index in [1.807, 2.05) is 61.5 Å². The van der Waals surface area contributed by atoms with Crippen molar-refractivity contribution in [3.8, 4) is 11.5 Å². The maximum Gasteiger partial charge on any atom is 0.225 e. The number of methoxy groups -OCH3 is 2. The second kappa shape index (κ2) is 8.20. The first-order valence-electron chi connectivity index (χ1n) is 8.30. The zero-order chi connectivity index (χ0) is 18.4. The summed E-state index contributed by atoms with van der Waals surface area (Å²) in [6.45, 7) is 2.52. The van der Waals surface area contributed by atoms with E-state index in [-0.39, 0.29) is 0 Å². The third kappa shape index (κ3) is 4.42. The van der Waals surface area contributed by atoms with E-state index < -0.39 is 0 Å². The number of hydrogen-bond acceptors (Lipinski definition) is 6. The van der Waals surface area contributed by atoms with Gasteiger partial charge in [0.05, 0.1) is 14.2 Å². The highest BCUT2D eigenvalue weighted by atomic mass is 16.5. The fourth-order valence-corrected chi connectivity index (χ4v) is 2.55. The predicted molar refractivity (Wildman–Crippen MR) is 103 cm³/mol. The third-order valence-electron chi connectivity index (χ3n) is 3.80. The van der Waals surface area contributed by atoms with Crippen molar-refractivity contribution >= 4 is 17.5 Å². The fourth-order valence-electron chi connectivity index (χ4n) is 2.55. The Kier molecular flexibility index (Phi) is 5.53. The molecule has 6 heteroatoms. The van der Waals surface area contributed by atoms with Crippen LogP contribution in [-0.2, 0) is 6.54 Å². The molecule has 0 saturated heterocycles. The zero-order valence-electron chi connectivity index (χ0n) is 15.1. The highest BCUT2D eigenvalue weighted by Crippen LogP contribution is 2.27. The molecule has 0 aliphatic rings. The number of benzene rings is 2. The normalized spacial score (nSPS) is 10.3. The van der Waals surface area contributed by atoms with Crippen LogP contribution >= 0.6 is 0 Å². The van der Waals surface area contributed by atoms with Gasteiger partial charge in [0.1, 0.15) is 5.82 Å². The molecule has 2 N–H and O–H groups in total. The first-order chi connectivity index (χ1) is 12.7. The van der Waals surface area contributed by atoms with Crippen LogP contribution in [0.5, 0.6) is 11.5 Å². The van der Waals surface area contributed by atoms with Gasteiger partial charge < -0.3 is 20.1 Å². The average Bonchev–Trinajstić information content (AvgIpc) is 2.66. The van der Waals surface area contributed by atoms with Crippen molar-refractivity contribution in [3.05, 3.63) is 65.9 Å². The van der Waals surface area contributed by atoms with E-state index in [0.717, 1.165) is 22.8 Å². The number of hydrogen-bond donors (Lipinski definition) is 2. The summed E-state index contributed by atoms with van der Waals surface area (Å²) in [5.74, 6) is 2.72. The van der Waals surface area contributed by atoms with Gasteiger partial charge in [-0.15, -0.1) is 0 Å². The van der Waals surface area contributed by atoms with Gasteiger partial charge in [-0.05, 0) is 36.8 Å². The van der Waals surface area contributed by atoms with Crippen LogP contribution in [0, 0.1) is 6.92 Å². The lowest BCUT2D eigenvalue weighted by Crippen LogP contribution is -2.06. The van der Waals surface area contributed by atoms with E-state index in [9.17, 15) is 0 Å². The smallest absolute Gasteiger partial charge is 0.225 e. The fraction of sp³-hybridized carbons (Fsp3) is 0.200. The Balaban J connectivity index is 1.72. The van der Waals surface area contributed by atoms with E-state index in [2.05, 4.69) is 20.6 Å². The molecule has 2 aromatic carbocycles. The number of aryl methyl sites for hydroxylation is 1. The summed E-state index contributed by atoms with van der Waals surface area (Å²) in [5, 5.41) is 6.55. The largest absolute Gasteiger partial charge is 0.493 e. The van der Waals surface area contributed by atoms with Crippen LogP contribution in [0.15, 0.2) is 54.6 Å². The van der Waals surface area contributed by atoms with Gasteiger partial charge >= 0.3 is 0 Å². The Morgan fingerprint density at radius 3 is 2.38 bits per heavy atom. The molecule has 26 heavy (non-hydrogen) atoms. The third-order valence-corrected chi connectivity index (χ3v) is 3.80. The van der Waals surface area contributed by atoms with Gasteiger partial charge in [0.15, 0.2) is 11.5 Å². The van der Waals surface area contributed by atoms with E-state index >= 15 is 0 Å². The van der Waals surface area contributed by atoms with Gasteiger partial charge in [0, 0.05) is 24.0 Å². The number of nitrogens with zero attached hydrogens (tertiary/aromatic N) is 2. The summed E-state index contributed by atoms with van der Waals surface area (Å²) in [7, 11) is 3.25. The Morgan fingerprint density at radius 1 is 0.885 bits per heavy atom. The van der Waals surface area contributed by atoms with Crippen LogP contribution in [0.25, 0.3) is 0 Å². The SMILES string of the molecule is COc1ccc(CNc2nc(C)cc(Nc3ccccc3)n2)cc1OC. The van der Waals surface area contributed by atoms with Crippen LogP contribution < -0.4 is 20.1 Å². The number of nitrogens with one attached hydrogen (secondary N) is 2. The maximum atomic E-state index is 5.34. The molecule has 6 nitrogen and oxygen atoms in total. The molecule has 1 heterocycles. The van der Waals surface area contributed by atoms with Gasteiger partial charge in [0.25, 0.3) is 0 Å². The van der Waals surface area contributed by atoms with Gasteiger partial charge in [-0.25, -0.2) is 4.98 Å². The molecule has 0 atom stereocenters. The minimum atomic E-state index is 0.568. The Bertz CT molecular complexity index is 869. The van der Waals surface area contributed by atoms with Crippen molar-refractivity contribution in [1.29, 1.82) is 0 Å². The number of ether oxygens (including phenoxy) is 2. The van der Waals surface area contributed by atoms with E-state index in [1.54, 1.807) is 14.2 Å². The number of anilines is 3. The minimum Gasteiger partial charge on any atom is -0.493 e. The standard InChI is InChI=1S/C20H22N4O2/c1-14-11-19(23-16-7-5-4-6-8-16)24-20(22-14)21-13-15-9-10-17(25-2)18(12-15)26-3/h4-12H,13H2,1-3H3,(H2,21,22,23,24). The molecular weight excluding hydrogens is 328 g/mol. The van der Waals surface area contributed by atoms with Crippen molar-refractivity contribution < 1.29 is 9.47 Å². The molecule has 3 rings (SSSR count). The van der Waals surface area contributed by atoms with Crippen molar-refractivity contribution in [2.24, 2.45) is 0 Å². The van der Waals surface area contributed by atoms with Crippen LogP contribution in [0.2, 0.25) is 0 Å². The maximum absolute atomic E-state index is 5.34. The van der Waals surface area contributed by atoms with Crippen LogP contribution in [-0.4, -0.2) is 24.2 Å². The van der Waals surface area contributed by atoms with Crippen molar-refractivity contribution in [1.82, 2.24) is 9.97 Å². The summed E-state index contributed by atoms with van der Waals surface area (Å²) in [6.07, 6.45) is 0. The molecule has 0 spiro atoms. The first-order valence-corrected chi connectivity index (χ1v) is 8.30. The second-order valence-corrected chi connectivity index (χ2v) is 5.75. The summed E-state index contributed by atoms with van der Waals surface area (Å²) < 4.78 is 10.6. The van der Waals surface area contributed by atoms with Crippen molar-refractivity contribution in [2.45, 2.75) is 13.5 Å². The quantitative estimate of drug-likeness (QED) is 0.667. The van der Waals surface area contributed by atoms with Crippen LogP contribution in [0.4, 0.5) is 17.5 Å². The molecule has 0 fully saturated rings.